The minimum atomic E-state index is -0.737. The van der Waals surface area contributed by atoms with Gasteiger partial charge in [-0.05, 0) is 49.6 Å². The lowest BCUT2D eigenvalue weighted by Gasteiger charge is -2.16. The zero-order valence-corrected chi connectivity index (χ0v) is 10.7. The maximum Gasteiger partial charge on any atom is 0.327 e. The van der Waals surface area contributed by atoms with Crippen molar-refractivity contribution >= 4 is 5.97 Å². The van der Waals surface area contributed by atoms with Gasteiger partial charge >= 0.3 is 5.97 Å². The fraction of sp³-hybridized carbons (Fsp3) is 0.462. The zero-order valence-electron chi connectivity index (χ0n) is 10.7. The number of benzene rings is 1. The van der Waals surface area contributed by atoms with Crippen LogP contribution in [0.1, 0.15) is 29.7 Å². The lowest BCUT2D eigenvalue weighted by Crippen LogP contribution is -2.24. The Morgan fingerprint density at radius 3 is 2.53 bits per heavy atom. The second-order valence-corrected chi connectivity index (χ2v) is 3.91. The Hall–Kier alpha value is -1.55. The van der Waals surface area contributed by atoms with E-state index in [1.807, 2.05) is 26.0 Å². The van der Waals surface area contributed by atoms with Gasteiger partial charge in [-0.25, -0.2) is 4.79 Å². The normalized spacial score (nSPS) is 12.1. The summed E-state index contributed by atoms with van der Waals surface area (Å²) in [5.41, 5.74) is 8.53. The smallest absolute Gasteiger partial charge is 0.327 e. The number of aryl methyl sites for hydroxylation is 2. The van der Waals surface area contributed by atoms with Gasteiger partial charge in [-0.15, -0.1) is 0 Å². The maximum absolute atomic E-state index is 11.6. The third-order valence-corrected chi connectivity index (χ3v) is 2.66. The zero-order chi connectivity index (χ0) is 13.0. The van der Waals surface area contributed by atoms with Crippen LogP contribution < -0.4 is 10.5 Å². The Bertz CT molecular complexity index is 415. The molecule has 0 aromatic heterocycles. The van der Waals surface area contributed by atoms with E-state index in [0.717, 1.165) is 22.4 Å². The third-order valence-electron chi connectivity index (χ3n) is 2.66. The molecule has 0 saturated carbocycles. The number of ether oxygens (including phenoxy) is 2. The van der Waals surface area contributed by atoms with Crippen LogP contribution >= 0.6 is 0 Å². The molecule has 1 unspecified atom stereocenters. The number of methoxy groups -OCH3 is 1. The Labute approximate surface area is 102 Å². The number of hydrogen-bond donors (Lipinski definition) is 1. The van der Waals surface area contributed by atoms with Crippen LogP contribution in [0, 0.1) is 13.8 Å². The topological polar surface area (TPSA) is 61.5 Å². The van der Waals surface area contributed by atoms with Crippen molar-refractivity contribution in [3.8, 4) is 5.75 Å². The van der Waals surface area contributed by atoms with Crippen molar-refractivity contribution in [3.63, 3.8) is 0 Å². The minimum Gasteiger partial charge on any atom is -0.496 e. The summed E-state index contributed by atoms with van der Waals surface area (Å²) in [6.07, 6.45) is 0. The largest absolute Gasteiger partial charge is 0.496 e. The van der Waals surface area contributed by atoms with E-state index in [1.165, 1.54) is 0 Å². The van der Waals surface area contributed by atoms with Crippen LogP contribution in [-0.4, -0.2) is 19.7 Å². The highest BCUT2D eigenvalue weighted by molar-refractivity contribution is 5.78. The van der Waals surface area contributed by atoms with Crippen molar-refractivity contribution in [1.82, 2.24) is 0 Å². The summed E-state index contributed by atoms with van der Waals surface area (Å²) in [6, 6.07) is 3.01. The van der Waals surface area contributed by atoms with Crippen LogP contribution in [0.15, 0.2) is 12.1 Å². The second-order valence-electron chi connectivity index (χ2n) is 3.91. The van der Waals surface area contributed by atoms with Gasteiger partial charge in [-0.2, -0.15) is 0 Å². The Balaban J connectivity index is 3.06. The Kier molecular flexibility index (Phi) is 4.52. The number of carbonyl (C=O) groups excluding carboxylic acids is 1. The van der Waals surface area contributed by atoms with Crippen LogP contribution in [0.25, 0.3) is 0 Å². The van der Waals surface area contributed by atoms with Gasteiger partial charge in [0.15, 0.2) is 0 Å². The molecule has 2 N–H and O–H groups in total. The van der Waals surface area contributed by atoms with Crippen LogP contribution in [0.5, 0.6) is 5.75 Å². The van der Waals surface area contributed by atoms with E-state index in [2.05, 4.69) is 0 Å². The summed E-state index contributed by atoms with van der Waals surface area (Å²) in [5, 5.41) is 0. The van der Waals surface area contributed by atoms with E-state index in [1.54, 1.807) is 14.0 Å². The molecule has 1 aromatic carbocycles. The molecule has 0 amide bonds. The van der Waals surface area contributed by atoms with E-state index < -0.39 is 12.0 Å². The molecule has 4 nitrogen and oxygen atoms in total. The molecule has 0 heterocycles. The van der Waals surface area contributed by atoms with Crippen molar-refractivity contribution < 1.29 is 14.3 Å². The molecular formula is C13H19NO3. The SMILES string of the molecule is CCOC(=O)C(N)c1cc(C)c(OC)cc1C. The maximum atomic E-state index is 11.6. The minimum absolute atomic E-state index is 0.334. The molecule has 1 rings (SSSR count). The van der Waals surface area contributed by atoms with Crippen molar-refractivity contribution in [2.45, 2.75) is 26.8 Å². The Morgan fingerprint density at radius 1 is 1.35 bits per heavy atom. The van der Waals surface area contributed by atoms with Gasteiger partial charge in [0.25, 0.3) is 0 Å². The van der Waals surface area contributed by atoms with Gasteiger partial charge in [0.2, 0.25) is 0 Å². The fourth-order valence-electron chi connectivity index (χ4n) is 1.73. The summed E-state index contributed by atoms with van der Waals surface area (Å²) in [7, 11) is 1.62. The van der Waals surface area contributed by atoms with E-state index in [4.69, 9.17) is 15.2 Å². The lowest BCUT2D eigenvalue weighted by atomic mass is 9.99. The highest BCUT2D eigenvalue weighted by Gasteiger charge is 2.20. The first-order valence-corrected chi connectivity index (χ1v) is 5.58. The molecule has 0 aliphatic heterocycles. The van der Waals surface area contributed by atoms with Gasteiger partial charge in [0.05, 0.1) is 13.7 Å². The molecule has 0 aliphatic rings. The summed E-state index contributed by atoms with van der Waals surface area (Å²) in [5.74, 6) is 0.391. The van der Waals surface area contributed by atoms with E-state index in [0.29, 0.717) is 6.61 Å². The molecule has 1 atom stereocenters. The Morgan fingerprint density at radius 2 is 2.00 bits per heavy atom. The molecule has 0 saturated heterocycles. The van der Waals surface area contributed by atoms with Crippen LogP contribution in [0.3, 0.4) is 0 Å². The van der Waals surface area contributed by atoms with Gasteiger partial charge in [0, 0.05) is 0 Å². The molecule has 94 valence electrons. The summed E-state index contributed by atoms with van der Waals surface area (Å²) >= 11 is 0. The number of carbonyl (C=O) groups is 1. The third kappa shape index (κ3) is 2.97. The molecule has 0 fully saturated rings. The van der Waals surface area contributed by atoms with E-state index in [-0.39, 0.29) is 0 Å². The summed E-state index contributed by atoms with van der Waals surface area (Å²) in [4.78, 5) is 11.6. The average Bonchev–Trinajstić information content (AvgIpc) is 2.31. The number of hydrogen-bond acceptors (Lipinski definition) is 4. The molecular weight excluding hydrogens is 218 g/mol. The molecule has 0 aliphatic carbocycles. The fourth-order valence-corrected chi connectivity index (χ4v) is 1.73. The predicted octanol–water partition coefficient (Wildman–Crippen LogP) is 1.87. The van der Waals surface area contributed by atoms with Crippen molar-refractivity contribution in [2.24, 2.45) is 5.73 Å². The first kappa shape index (κ1) is 13.5. The number of rotatable bonds is 4. The molecule has 0 radical (unpaired) electrons. The summed E-state index contributed by atoms with van der Waals surface area (Å²) in [6.45, 7) is 5.91. The van der Waals surface area contributed by atoms with Gasteiger partial charge in [0.1, 0.15) is 11.8 Å². The number of esters is 1. The molecule has 17 heavy (non-hydrogen) atoms. The standard InChI is InChI=1S/C13H19NO3/c1-5-17-13(15)12(14)10-6-9(3)11(16-4)7-8(10)2/h6-7,12H,5,14H2,1-4H3. The molecule has 0 bridgehead atoms. The van der Waals surface area contributed by atoms with Crippen LogP contribution in [0.4, 0.5) is 0 Å². The summed E-state index contributed by atoms with van der Waals surface area (Å²) < 4.78 is 10.1. The quantitative estimate of drug-likeness (QED) is 0.812. The van der Waals surface area contributed by atoms with Crippen molar-refractivity contribution in [3.05, 3.63) is 28.8 Å². The highest BCUT2D eigenvalue weighted by atomic mass is 16.5. The van der Waals surface area contributed by atoms with Crippen LogP contribution in [-0.2, 0) is 9.53 Å². The molecule has 1 aromatic rings. The van der Waals surface area contributed by atoms with Gasteiger partial charge in [-0.1, -0.05) is 0 Å². The van der Waals surface area contributed by atoms with Crippen molar-refractivity contribution in [2.75, 3.05) is 13.7 Å². The van der Waals surface area contributed by atoms with Crippen molar-refractivity contribution in [1.29, 1.82) is 0 Å². The first-order chi connectivity index (χ1) is 8.01. The van der Waals surface area contributed by atoms with E-state index >= 15 is 0 Å². The molecule has 4 heteroatoms. The monoisotopic (exact) mass is 237 g/mol. The van der Waals surface area contributed by atoms with E-state index in [9.17, 15) is 4.79 Å². The lowest BCUT2D eigenvalue weighted by molar-refractivity contribution is -0.144. The molecule has 0 spiro atoms. The van der Waals surface area contributed by atoms with Gasteiger partial charge in [-0.3, -0.25) is 0 Å². The predicted molar refractivity (Wildman–Crippen MR) is 66.0 cm³/mol. The average molecular weight is 237 g/mol. The number of nitrogens with two attached hydrogens (primary N) is 1. The first-order valence-electron chi connectivity index (χ1n) is 5.58. The van der Waals surface area contributed by atoms with Crippen LogP contribution in [0.2, 0.25) is 0 Å². The van der Waals surface area contributed by atoms with Gasteiger partial charge < -0.3 is 15.2 Å². The second kappa shape index (κ2) is 5.68. The highest BCUT2D eigenvalue weighted by Crippen LogP contribution is 2.26.